The Balaban J connectivity index is 1.32. The predicted octanol–water partition coefficient (Wildman–Crippen LogP) is 12.2. The zero-order valence-corrected chi connectivity index (χ0v) is 26.8. The van der Waals surface area contributed by atoms with Gasteiger partial charge in [-0.1, -0.05) is 12.1 Å². The summed E-state index contributed by atoms with van der Waals surface area (Å²) in [6.07, 6.45) is 0. The van der Waals surface area contributed by atoms with Gasteiger partial charge in [-0.3, -0.25) is 0 Å². The van der Waals surface area contributed by atoms with E-state index >= 15 is 0 Å². The molecular weight excluding hydrogens is 621 g/mol. The second-order valence-corrected chi connectivity index (χ2v) is 14.0. The molecule has 1 heterocycles. The zero-order chi connectivity index (χ0) is 30.5. The van der Waals surface area contributed by atoms with E-state index in [4.69, 9.17) is 0 Å². The Bertz CT molecular complexity index is 2460. The summed E-state index contributed by atoms with van der Waals surface area (Å²) in [6.45, 7) is 0. The van der Waals surface area contributed by atoms with Crippen LogP contribution in [0.3, 0.4) is 0 Å². The summed E-state index contributed by atoms with van der Waals surface area (Å²) in [6, 6.07) is 64.3. The van der Waals surface area contributed by atoms with Crippen LogP contribution in [0.2, 0.25) is 0 Å². The summed E-state index contributed by atoms with van der Waals surface area (Å²) in [4.78, 5) is 2.42. The molecule has 0 aliphatic rings. The van der Waals surface area contributed by atoms with Crippen LogP contribution in [0.5, 0.6) is 0 Å². The van der Waals surface area contributed by atoms with Crippen molar-refractivity contribution in [2.45, 2.75) is 0 Å². The molecule has 46 heavy (non-hydrogen) atoms. The van der Waals surface area contributed by atoms with Gasteiger partial charge in [0.25, 0.3) is 0 Å². The molecule has 2 heteroatoms. The summed E-state index contributed by atoms with van der Waals surface area (Å²) in [5.41, 5.74) is 8.22. The Labute approximate surface area is 274 Å². The van der Waals surface area contributed by atoms with Gasteiger partial charge in [0.15, 0.2) is 0 Å². The number of hydrogen-bond acceptors (Lipinski definition) is 1. The summed E-state index contributed by atoms with van der Waals surface area (Å²) in [7, 11) is 0. The summed E-state index contributed by atoms with van der Waals surface area (Å²) in [5.74, 6) is 0. The topological polar surface area (TPSA) is 3.24 Å². The van der Waals surface area contributed by atoms with Crippen LogP contribution < -0.4 is 4.90 Å². The average molecular weight is 651 g/mol. The molecule has 0 atom stereocenters. The maximum absolute atomic E-state index is 2.42. The Morgan fingerprint density at radius 1 is 0.348 bits per heavy atom. The van der Waals surface area contributed by atoms with Crippen molar-refractivity contribution in [3.63, 3.8) is 0 Å². The van der Waals surface area contributed by atoms with Crippen molar-refractivity contribution in [1.29, 1.82) is 0 Å². The molecule has 0 saturated carbocycles. The fourth-order valence-electron chi connectivity index (χ4n) is 6.80. The molecule has 0 bridgehead atoms. The van der Waals surface area contributed by atoms with E-state index in [9.17, 15) is 0 Å². The van der Waals surface area contributed by atoms with E-state index < -0.39 is 0 Å². The molecule has 0 aliphatic heterocycles. The summed E-state index contributed by atoms with van der Waals surface area (Å²) in [5, 5.41) is 8.07. The normalized spacial score (nSPS) is 11.5. The van der Waals surface area contributed by atoms with Gasteiger partial charge in [-0.25, -0.2) is 0 Å². The van der Waals surface area contributed by atoms with Crippen LogP contribution in [-0.4, -0.2) is 14.5 Å². The van der Waals surface area contributed by atoms with E-state index in [-0.39, 0.29) is 14.5 Å². The maximum atomic E-state index is 2.42. The van der Waals surface area contributed by atoms with Crippen LogP contribution in [0.1, 0.15) is 0 Å². The molecular formula is C44H29NSe. The number of fused-ring (bicyclic) bond motifs is 7. The zero-order valence-electron chi connectivity index (χ0n) is 25.1. The van der Waals surface area contributed by atoms with Gasteiger partial charge in [0.05, 0.1) is 0 Å². The van der Waals surface area contributed by atoms with E-state index in [0.717, 1.165) is 17.1 Å². The third-order valence-corrected chi connectivity index (χ3v) is 11.5. The Kier molecular flexibility index (Phi) is 6.56. The number of nitrogens with zero attached hydrogens (tertiary/aromatic N) is 1. The van der Waals surface area contributed by atoms with Gasteiger partial charge in [0.2, 0.25) is 0 Å². The van der Waals surface area contributed by atoms with E-state index in [2.05, 4.69) is 181 Å². The first-order chi connectivity index (χ1) is 22.8. The minimum atomic E-state index is 0.267. The second kappa shape index (κ2) is 11.2. The van der Waals surface area contributed by atoms with Crippen molar-refractivity contribution < 1.29 is 0 Å². The Hall–Kier alpha value is -5.40. The molecule has 0 unspecified atom stereocenters. The Morgan fingerprint density at radius 2 is 0.935 bits per heavy atom. The number of para-hydroxylation sites is 1. The number of rotatable bonds is 5. The van der Waals surface area contributed by atoms with Crippen molar-refractivity contribution in [1.82, 2.24) is 0 Å². The molecule has 0 radical (unpaired) electrons. The van der Waals surface area contributed by atoms with Gasteiger partial charge >= 0.3 is 263 Å². The van der Waals surface area contributed by atoms with Crippen LogP contribution in [0.4, 0.5) is 17.1 Å². The van der Waals surface area contributed by atoms with Gasteiger partial charge < -0.3 is 0 Å². The van der Waals surface area contributed by atoms with Gasteiger partial charge in [-0.15, -0.1) is 0 Å². The molecule has 1 nitrogen and oxygen atoms in total. The first kappa shape index (κ1) is 27.0. The molecule has 0 saturated heterocycles. The van der Waals surface area contributed by atoms with Gasteiger partial charge in [0, 0.05) is 0 Å². The van der Waals surface area contributed by atoms with Gasteiger partial charge in [-0.2, -0.15) is 0 Å². The fourth-order valence-corrected chi connectivity index (χ4v) is 9.47. The van der Waals surface area contributed by atoms with Crippen molar-refractivity contribution in [2.24, 2.45) is 0 Å². The SMILES string of the molecule is c1ccc(-c2cc(-c3ccccc3)cc(N(c3ccccc3)c3ccc4ccc5ccc6c7ccccc7[se]c6c5c4c3)c2)cc1. The first-order valence-electron chi connectivity index (χ1n) is 15.7. The summed E-state index contributed by atoms with van der Waals surface area (Å²) < 4.78 is 2.97. The predicted molar refractivity (Wildman–Crippen MR) is 199 cm³/mol. The molecule has 0 N–H and O–H groups in total. The van der Waals surface area contributed by atoms with Crippen LogP contribution >= 0.6 is 0 Å². The van der Waals surface area contributed by atoms with Crippen LogP contribution in [0.25, 0.3) is 63.1 Å². The molecule has 0 amide bonds. The number of benzene rings is 8. The summed E-state index contributed by atoms with van der Waals surface area (Å²) >= 11 is 0.267. The monoisotopic (exact) mass is 651 g/mol. The molecule has 9 rings (SSSR count). The second-order valence-electron chi connectivity index (χ2n) is 11.8. The molecule has 1 aromatic heterocycles. The number of anilines is 3. The molecule has 0 aliphatic carbocycles. The minimum absolute atomic E-state index is 0.267. The third kappa shape index (κ3) is 4.63. The number of hydrogen-bond donors (Lipinski definition) is 0. The van der Waals surface area contributed by atoms with E-state index in [1.54, 1.807) is 0 Å². The van der Waals surface area contributed by atoms with Crippen LogP contribution in [0.15, 0.2) is 176 Å². The molecule has 0 fully saturated rings. The van der Waals surface area contributed by atoms with Gasteiger partial charge in [-0.05, 0) is 0 Å². The molecule has 9 aromatic rings. The third-order valence-electron chi connectivity index (χ3n) is 8.99. The van der Waals surface area contributed by atoms with E-state index in [1.165, 1.54) is 63.1 Å². The van der Waals surface area contributed by atoms with Crippen molar-refractivity contribution >= 4 is 72.4 Å². The van der Waals surface area contributed by atoms with Crippen molar-refractivity contribution in [3.8, 4) is 22.3 Å². The van der Waals surface area contributed by atoms with Gasteiger partial charge in [0.1, 0.15) is 0 Å². The standard InChI is InChI=1S/C44H29NSe/c1-4-12-30(13-5-1)34-26-35(31-14-6-2-7-15-31)28-38(27-34)45(36-16-8-3-9-17-36)37-24-22-32-20-21-33-23-25-40-39-18-10-11-19-42(39)46-44(40)43(33)41(32)29-37/h1-29H. The van der Waals surface area contributed by atoms with Crippen molar-refractivity contribution in [2.75, 3.05) is 4.90 Å². The molecule has 0 spiro atoms. The van der Waals surface area contributed by atoms with Crippen LogP contribution in [-0.2, 0) is 0 Å². The average Bonchev–Trinajstić information content (AvgIpc) is 3.51. The molecule has 8 aromatic carbocycles. The fraction of sp³-hybridized carbons (Fsp3) is 0. The molecule has 216 valence electrons. The van der Waals surface area contributed by atoms with Crippen molar-refractivity contribution in [3.05, 3.63) is 176 Å². The van der Waals surface area contributed by atoms with Crippen LogP contribution in [0, 0.1) is 0 Å². The van der Waals surface area contributed by atoms with E-state index in [1.807, 2.05) is 0 Å². The van der Waals surface area contributed by atoms with E-state index in [0.29, 0.717) is 0 Å². The Morgan fingerprint density at radius 3 is 1.65 bits per heavy atom. The quantitative estimate of drug-likeness (QED) is 0.132. The first-order valence-corrected chi connectivity index (χ1v) is 17.4.